The molecule has 0 spiro atoms. The first-order valence-corrected chi connectivity index (χ1v) is 7.12. The van der Waals surface area contributed by atoms with E-state index in [1.807, 2.05) is 12.3 Å². The average Bonchev–Trinajstić information content (AvgIpc) is 2.97. The quantitative estimate of drug-likeness (QED) is 0.832. The Morgan fingerprint density at radius 1 is 1.43 bits per heavy atom. The molecule has 0 saturated heterocycles. The second-order valence-electron chi connectivity index (χ2n) is 4.35. The normalized spacial score (nSPS) is 10.7. The highest BCUT2D eigenvalue weighted by Crippen LogP contribution is 2.13. The first kappa shape index (κ1) is 14.9. The maximum Gasteiger partial charge on any atom is 0.328 e. The number of hydrogen-bond donors (Lipinski definition) is 2. The molecule has 2 rings (SSSR count). The minimum atomic E-state index is -1.02. The number of aliphatic carboxylic acids is 1. The maximum atomic E-state index is 12.1. The maximum absolute atomic E-state index is 12.1. The van der Waals surface area contributed by atoms with Crippen molar-refractivity contribution in [2.45, 2.75) is 13.5 Å². The number of carboxylic acid groups (broad SMARTS) is 1. The van der Waals surface area contributed by atoms with Crippen LogP contribution in [0, 0.1) is 6.92 Å². The fraction of sp³-hybridized carbons (Fsp3) is 0.133. The number of aromatic nitrogens is 1. The second kappa shape index (κ2) is 6.81. The molecular formula is C15H14N2O3S. The van der Waals surface area contributed by atoms with Crippen molar-refractivity contribution in [2.75, 3.05) is 0 Å². The Labute approximate surface area is 126 Å². The van der Waals surface area contributed by atoms with Crippen LogP contribution in [0.4, 0.5) is 0 Å². The molecule has 5 nitrogen and oxygen atoms in total. The van der Waals surface area contributed by atoms with E-state index in [0.717, 1.165) is 16.6 Å². The lowest BCUT2D eigenvalue weighted by Crippen LogP contribution is -2.22. The molecule has 108 valence electrons. The van der Waals surface area contributed by atoms with Gasteiger partial charge in [-0.1, -0.05) is 6.07 Å². The Hall–Kier alpha value is -2.47. The fourth-order valence-electron chi connectivity index (χ4n) is 1.72. The predicted octanol–water partition coefficient (Wildman–Crippen LogP) is 2.48. The summed E-state index contributed by atoms with van der Waals surface area (Å²) in [5.41, 5.74) is 2.10. The molecule has 0 fully saturated rings. The molecule has 0 aliphatic carbocycles. The third-order valence-corrected chi connectivity index (χ3v) is 3.61. The standard InChI is InChI=1S/C15H14N2O3S/c1-10-2-3-12(8-11(10)4-5-14(18)19)15(20)17-9-13-16-6-7-21-13/h2-8H,9H2,1H3,(H,17,20)(H,18,19)/b5-4+. The molecule has 0 aliphatic heterocycles. The topological polar surface area (TPSA) is 79.3 Å². The number of benzene rings is 1. The molecule has 0 aliphatic rings. The first-order valence-electron chi connectivity index (χ1n) is 6.24. The van der Waals surface area contributed by atoms with E-state index < -0.39 is 5.97 Å². The van der Waals surface area contributed by atoms with Gasteiger partial charge in [-0.25, -0.2) is 9.78 Å². The van der Waals surface area contributed by atoms with Crippen LogP contribution in [0.5, 0.6) is 0 Å². The zero-order valence-corrected chi connectivity index (χ0v) is 12.2. The number of rotatable bonds is 5. The molecule has 1 amide bonds. The van der Waals surface area contributed by atoms with Crippen LogP contribution in [0.25, 0.3) is 6.08 Å². The molecule has 0 bridgehead atoms. The van der Waals surface area contributed by atoms with Gasteiger partial charge in [0.1, 0.15) is 5.01 Å². The van der Waals surface area contributed by atoms with Gasteiger partial charge in [0.25, 0.3) is 5.91 Å². The van der Waals surface area contributed by atoms with Crippen molar-refractivity contribution >= 4 is 29.3 Å². The predicted molar refractivity (Wildman–Crippen MR) is 81.1 cm³/mol. The zero-order chi connectivity index (χ0) is 15.2. The van der Waals surface area contributed by atoms with Gasteiger partial charge in [-0.3, -0.25) is 4.79 Å². The lowest BCUT2D eigenvalue weighted by molar-refractivity contribution is -0.131. The molecule has 0 saturated carbocycles. The molecule has 1 aromatic carbocycles. The second-order valence-corrected chi connectivity index (χ2v) is 5.33. The third-order valence-electron chi connectivity index (χ3n) is 2.83. The first-order chi connectivity index (χ1) is 10.1. The van der Waals surface area contributed by atoms with Crippen LogP contribution in [0.1, 0.15) is 26.5 Å². The number of thiazole rings is 1. The van der Waals surface area contributed by atoms with Crippen LogP contribution in [0.2, 0.25) is 0 Å². The van der Waals surface area contributed by atoms with E-state index in [2.05, 4.69) is 10.3 Å². The summed E-state index contributed by atoms with van der Waals surface area (Å²) in [5, 5.41) is 14.1. The molecule has 0 unspecified atom stereocenters. The monoisotopic (exact) mass is 302 g/mol. The SMILES string of the molecule is Cc1ccc(C(=O)NCc2nccs2)cc1/C=C/C(=O)O. The van der Waals surface area contributed by atoms with Crippen molar-refractivity contribution < 1.29 is 14.7 Å². The minimum absolute atomic E-state index is 0.213. The Morgan fingerprint density at radius 2 is 2.24 bits per heavy atom. The molecular weight excluding hydrogens is 288 g/mol. The Morgan fingerprint density at radius 3 is 2.90 bits per heavy atom. The number of carbonyl (C=O) groups excluding carboxylic acids is 1. The van der Waals surface area contributed by atoms with E-state index in [4.69, 9.17) is 5.11 Å². The summed E-state index contributed by atoms with van der Waals surface area (Å²) in [6.45, 7) is 2.24. The van der Waals surface area contributed by atoms with Gasteiger partial charge >= 0.3 is 5.97 Å². The molecule has 21 heavy (non-hydrogen) atoms. The van der Waals surface area contributed by atoms with Gasteiger partial charge in [0.2, 0.25) is 0 Å². The fourth-order valence-corrected chi connectivity index (χ4v) is 2.28. The summed E-state index contributed by atoms with van der Waals surface area (Å²) in [6.07, 6.45) is 4.22. The van der Waals surface area contributed by atoms with Crippen LogP contribution in [-0.4, -0.2) is 22.0 Å². The van der Waals surface area contributed by atoms with Crippen LogP contribution in [0.15, 0.2) is 35.9 Å². The summed E-state index contributed by atoms with van der Waals surface area (Å²) < 4.78 is 0. The number of aryl methyl sites for hydroxylation is 1. The Kier molecular flexibility index (Phi) is 4.84. The van der Waals surface area contributed by atoms with E-state index in [1.165, 1.54) is 17.4 Å². The van der Waals surface area contributed by atoms with Gasteiger partial charge in [0.05, 0.1) is 6.54 Å². The smallest absolute Gasteiger partial charge is 0.328 e. The van der Waals surface area contributed by atoms with Crippen molar-refractivity contribution in [3.8, 4) is 0 Å². The lowest BCUT2D eigenvalue weighted by atomic mass is 10.0. The molecule has 0 radical (unpaired) electrons. The van der Waals surface area contributed by atoms with E-state index >= 15 is 0 Å². The van der Waals surface area contributed by atoms with Crippen molar-refractivity contribution in [2.24, 2.45) is 0 Å². The highest BCUT2D eigenvalue weighted by molar-refractivity contribution is 7.09. The van der Waals surface area contributed by atoms with E-state index in [0.29, 0.717) is 17.7 Å². The van der Waals surface area contributed by atoms with Gasteiger partial charge in [-0.2, -0.15) is 0 Å². The number of nitrogens with zero attached hydrogens (tertiary/aromatic N) is 1. The van der Waals surface area contributed by atoms with Crippen LogP contribution in [-0.2, 0) is 11.3 Å². The lowest BCUT2D eigenvalue weighted by Gasteiger charge is -2.06. The average molecular weight is 302 g/mol. The van der Waals surface area contributed by atoms with Crippen LogP contribution >= 0.6 is 11.3 Å². The van der Waals surface area contributed by atoms with Crippen LogP contribution < -0.4 is 5.32 Å². The molecule has 1 heterocycles. The molecule has 2 aromatic rings. The largest absolute Gasteiger partial charge is 0.478 e. The number of carbonyl (C=O) groups is 2. The number of carboxylic acids is 1. The number of amides is 1. The molecule has 6 heteroatoms. The number of hydrogen-bond acceptors (Lipinski definition) is 4. The van der Waals surface area contributed by atoms with Gasteiger partial charge in [0.15, 0.2) is 0 Å². The van der Waals surface area contributed by atoms with E-state index in [1.54, 1.807) is 24.4 Å². The van der Waals surface area contributed by atoms with Gasteiger partial charge < -0.3 is 10.4 Å². The Balaban J connectivity index is 2.10. The molecule has 2 N–H and O–H groups in total. The summed E-state index contributed by atoms with van der Waals surface area (Å²) in [5.74, 6) is -1.23. The third kappa shape index (κ3) is 4.25. The molecule has 1 aromatic heterocycles. The summed E-state index contributed by atoms with van der Waals surface area (Å²) in [4.78, 5) is 26.7. The van der Waals surface area contributed by atoms with Gasteiger partial charge in [0, 0.05) is 23.2 Å². The highest BCUT2D eigenvalue weighted by atomic mass is 32.1. The van der Waals surface area contributed by atoms with Crippen LogP contribution in [0.3, 0.4) is 0 Å². The van der Waals surface area contributed by atoms with Crippen molar-refractivity contribution in [3.63, 3.8) is 0 Å². The van der Waals surface area contributed by atoms with Crippen molar-refractivity contribution in [1.82, 2.24) is 10.3 Å². The minimum Gasteiger partial charge on any atom is -0.478 e. The number of nitrogens with one attached hydrogen (secondary N) is 1. The van der Waals surface area contributed by atoms with Gasteiger partial charge in [-0.15, -0.1) is 11.3 Å². The highest BCUT2D eigenvalue weighted by Gasteiger charge is 2.08. The van der Waals surface area contributed by atoms with E-state index in [9.17, 15) is 9.59 Å². The van der Waals surface area contributed by atoms with Gasteiger partial charge in [-0.05, 0) is 36.3 Å². The summed E-state index contributed by atoms with van der Waals surface area (Å²) >= 11 is 1.47. The molecule has 0 atom stereocenters. The summed E-state index contributed by atoms with van der Waals surface area (Å²) in [7, 11) is 0. The Bertz CT molecular complexity index is 678. The van der Waals surface area contributed by atoms with Crippen molar-refractivity contribution in [1.29, 1.82) is 0 Å². The summed E-state index contributed by atoms with van der Waals surface area (Å²) in [6, 6.07) is 5.18. The van der Waals surface area contributed by atoms with Crippen molar-refractivity contribution in [3.05, 3.63) is 57.6 Å². The zero-order valence-electron chi connectivity index (χ0n) is 11.4. The van der Waals surface area contributed by atoms with E-state index in [-0.39, 0.29) is 5.91 Å².